The van der Waals surface area contributed by atoms with E-state index in [1.807, 2.05) is 12.1 Å². The monoisotopic (exact) mass is 388 g/mol. The normalized spacial score (nSPS) is 11.1. The Kier molecular flexibility index (Phi) is 4.84. The van der Waals surface area contributed by atoms with Crippen LogP contribution in [0.2, 0.25) is 0 Å². The first kappa shape index (κ1) is 14.1. The minimum absolute atomic E-state index is 0.837. The van der Waals surface area contributed by atoms with E-state index in [1.54, 1.807) is 11.3 Å². The Morgan fingerprint density at radius 1 is 1.17 bits per heavy atom. The molecule has 0 atom stereocenters. The number of nitrogen functional groups attached to an aromatic ring is 1. The third-order valence-electron chi connectivity index (χ3n) is 2.60. The fourth-order valence-corrected chi connectivity index (χ4v) is 3.67. The molecule has 0 fully saturated rings. The van der Waals surface area contributed by atoms with Crippen molar-refractivity contribution < 1.29 is 0 Å². The summed E-state index contributed by atoms with van der Waals surface area (Å²) in [5.41, 5.74) is 8.01. The topological polar surface area (TPSA) is 29.3 Å². The second-order valence-corrected chi connectivity index (χ2v) is 7.07. The van der Waals surface area contributed by atoms with Gasteiger partial charge in [0, 0.05) is 38.0 Å². The quantitative estimate of drug-likeness (QED) is 0.780. The molecule has 2 nitrogen and oxygen atoms in total. The van der Waals surface area contributed by atoms with Gasteiger partial charge in [0.2, 0.25) is 0 Å². The van der Waals surface area contributed by atoms with Crippen molar-refractivity contribution in [2.45, 2.75) is 13.1 Å². The maximum absolute atomic E-state index is 6.01. The highest BCUT2D eigenvalue weighted by molar-refractivity contribution is 9.10. The number of hydrogen-bond donors (Lipinski definition) is 1. The fraction of sp³-hybridized carbons (Fsp3) is 0.231. The Hall–Kier alpha value is -0.360. The van der Waals surface area contributed by atoms with Gasteiger partial charge in [-0.2, -0.15) is 0 Å². The molecule has 96 valence electrons. The summed E-state index contributed by atoms with van der Waals surface area (Å²) >= 11 is 8.66. The van der Waals surface area contributed by atoms with Crippen LogP contribution in [0.5, 0.6) is 0 Å². The fourth-order valence-electron chi connectivity index (χ4n) is 1.76. The van der Waals surface area contributed by atoms with Crippen LogP contribution in [0.15, 0.2) is 38.6 Å². The van der Waals surface area contributed by atoms with Crippen LogP contribution in [-0.2, 0) is 13.1 Å². The van der Waals surface area contributed by atoms with Crippen molar-refractivity contribution in [3.63, 3.8) is 0 Å². The molecule has 1 aromatic heterocycles. The van der Waals surface area contributed by atoms with Gasteiger partial charge in [-0.1, -0.05) is 22.0 Å². The number of benzene rings is 1. The molecule has 0 saturated heterocycles. The predicted molar refractivity (Wildman–Crippen MR) is 85.7 cm³/mol. The van der Waals surface area contributed by atoms with E-state index < -0.39 is 0 Å². The van der Waals surface area contributed by atoms with Gasteiger partial charge >= 0.3 is 0 Å². The second-order valence-electron chi connectivity index (χ2n) is 4.25. The molecule has 2 aromatic rings. The largest absolute Gasteiger partial charge is 0.398 e. The number of nitrogens with two attached hydrogens (primary N) is 1. The van der Waals surface area contributed by atoms with Crippen LogP contribution in [0, 0.1) is 0 Å². The molecule has 2 N–H and O–H groups in total. The number of anilines is 1. The average molecular weight is 390 g/mol. The highest BCUT2D eigenvalue weighted by atomic mass is 79.9. The van der Waals surface area contributed by atoms with Gasteiger partial charge in [0.05, 0.1) is 0 Å². The van der Waals surface area contributed by atoms with Gasteiger partial charge in [0.25, 0.3) is 0 Å². The standard InChI is InChI=1S/C13H14Br2N2S/c1-17(7-12-4-11(15)8-18-12)6-9-2-3-10(14)5-13(9)16/h2-5,8H,6-7,16H2,1H3. The van der Waals surface area contributed by atoms with E-state index in [-0.39, 0.29) is 0 Å². The van der Waals surface area contributed by atoms with Crippen LogP contribution in [0.3, 0.4) is 0 Å². The molecule has 2 rings (SSSR count). The van der Waals surface area contributed by atoms with Crippen molar-refractivity contribution in [3.05, 3.63) is 49.0 Å². The molecule has 5 heteroatoms. The van der Waals surface area contributed by atoms with Crippen molar-refractivity contribution >= 4 is 48.9 Å². The van der Waals surface area contributed by atoms with Gasteiger partial charge in [-0.3, -0.25) is 4.90 Å². The molecule has 18 heavy (non-hydrogen) atoms. The van der Waals surface area contributed by atoms with Crippen LogP contribution in [0.1, 0.15) is 10.4 Å². The van der Waals surface area contributed by atoms with Gasteiger partial charge in [0.15, 0.2) is 0 Å². The Labute approximate surface area is 128 Å². The lowest BCUT2D eigenvalue weighted by atomic mass is 10.1. The van der Waals surface area contributed by atoms with Crippen molar-refractivity contribution in [3.8, 4) is 0 Å². The first-order valence-corrected chi connectivity index (χ1v) is 7.96. The van der Waals surface area contributed by atoms with Crippen LogP contribution in [0.4, 0.5) is 5.69 Å². The van der Waals surface area contributed by atoms with E-state index >= 15 is 0 Å². The van der Waals surface area contributed by atoms with E-state index in [4.69, 9.17) is 5.73 Å². The minimum Gasteiger partial charge on any atom is -0.398 e. The van der Waals surface area contributed by atoms with Gasteiger partial charge < -0.3 is 5.73 Å². The van der Waals surface area contributed by atoms with Gasteiger partial charge in [-0.25, -0.2) is 0 Å². The predicted octanol–water partition coefficient (Wildman–Crippen LogP) is 4.49. The third kappa shape index (κ3) is 3.82. The molecule has 1 heterocycles. The van der Waals surface area contributed by atoms with Crippen LogP contribution < -0.4 is 5.73 Å². The lowest BCUT2D eigenvalue weighted by Crippen LogP contribution is -2.17. The summed E-state index contributed by atoms with van der Waals surface area (Å²) < 4.78 is 2.17. The highest BCUT2D eigenvalue weighted by Gasteiger charge is 2.06. The number of halogens is 2. The molecule has 0 unspecified atom stereocenters. The van der Waals surface area contributed by atoms with Crippen LogP contribution in [0.25, 0.3) is 0 Å². The van der Waals surface area contributed by atoms with E-state index in [0.717, 1.165) is 33.3 Å². The van der Waals surface area contributed by atoms with E-state index in [9.17, 15) is 0 Å². The van der Waals surface area contributed by atoms with Crippen molar-refractivity contribution in [2.75, 3.05) is 12.8 Å². The summed E-state index contributed by atoms with van der Waals surface area (Å²) in [5.74, 6) is 0. The number of rotatable bonds is 4. The molecule has 0 aliphatic rings. The summed E-state index contributed by atoms with van der Waals surface area (Å²) in [6, 6.07) is 8.21. The van der Waals surface area contributed by atoms with Crippen LogP contribution >= 0.6 is 43.2 Å². The van der Waals surface area contributed by atoms with Crippen molar-refractivity contribution in [1.82, 2.24) is 4.90 Å². The zero-order valence-electron chi connectivity index (χ0n) is 9.99. The van der Waals surface area contributed by atoms with Gasteiger partial charge in [-0.05, 0) is 46.7 Å². The minimum atomic E-state index is 0.837. The molecule has 0 spiro atoms. The molecule has 0 amide bonds. The van der Waals surface area contributed by atoms with E-state index in [2.05, 4.69) is 61.3 Å². The van der Waals surface area contributed by atoms with Gasteiger partial charge in [-0.15, -0.1) is 11.3 Å². The Bertz CT molecular complexity index is 540. The average Bonchev–Trinajstić information content (AvgIpc) is 2.68. The molecule has 0 radical (unpaired) electrons. The van der Waals surface area contributed by atoms with E-state index in [1.165, 1.54) is 4.88 Å². The zero-order chi connectivity index (χ0) is 13.1. The summed E-state index contributed by atoms with van der Waals surface area (Å²) in [7, 11) is 2.11. The maximum Gasteiger partial charge on any atom is 0.0371 e. The first-order valence-electron chi connectivity index (χ1n) is 5.50. The lowest BCUT2D eigenvalue weighted by Gasteiger charge is -2.17. The Morgan fingerprint density at radius 2 is 1.94 bits per heavy atom. The second kappa shape index (κ2) is 6.19. The first-order chi connectivity index (χ1) is 8.54. The maximum atomic E-state index is 6.01. The molecule has 0 bridgehead atoms. The van der Waals surface area contributed by atoms with E-state index in [0.29, 0.717) is 0 Å². The summed E-state index contributed by atoms with van der Waals surface area (Å²) in [6.45, 7) is 1.79. The third-order valence-corrected chi connectivity index (χ3v) is 4.77. The van der Waals surface area contributed by atoms with Crippen molar-refractivity contribution in [1.29, 1.82) is 0 Å². The Morgan fingerprint density at radius 3 is 2.56 bits per heavy atom. The summed E-state index contributed by atoms with van der Waals surface area (Å²) in [5, 5.41) is 2.11. The molecule has 1 aromatic carbocycles. The molecular weight excluding hydrogens is 376 g/mol. The van der Waals surface area contributed by atoms with Crippen LogP contribution in [-0.4, -0.2) is 11.9 Å². The molecule has 0 saturated carbocycles. The number of nitrogens with zero attached hydrogens (tertiary/aromatic N) is 1. The van der Waals surface area contributed by atoms with Crippen molar-refractivity contribution in [2.24, 2.45) is 0 Å². The summed E-state index contributed by atoms with van der Waals surface area (Å²) in [6.07, 6.45) is 0. The number of hydrogen-bond acceptors (Lipinski definition) is 3. The molecule has 0 aliphatic carbocycles. The zero-order valence-corrected chi connectivity index (χ0v) is 14.0. The molecular formula is C13H14Br2N2S. The number of thiophene rings is 1. The smallest absolute Gasteiger partial charge is 0.0371 e. The lowest BCUT2D eigenvalue weighted by molar-refractivity contribution is 0.322. The molecule has 0 aliphatic heterocycles. The Balaban J connectivity index is 2.00. The van der Waals surface area contributed by atoms with Gasteiger partial charge in [0.1, 0.15) is 0 Å². The highest BCUT2D eigenvalue weighted by Crippen LogP contribution is 2.23. The SMILES string of the molecule is CN(Cc1cc(Br)cs1)Cc1ccc(Br)cc1N. The summed E-state index contributed by atoms with van der Waals surface area (Å²) in [4.78, 5) is 3.61.